The molecule has 4 nitrogen and oxygen atoms in total. The van der Waals surface area contributed by atoms with Gasteiger partial charge in [-0.3, -0.25) is 0 Å². The van der Waals surface area contributed by atoms with E-state index < -0.39 is 19.7 Å². The maximum atomic E-state index is 12.2. The fourth-order valence-electron chi connectivity index (χ4n) is 3.03. The topological polar surface area (TPSA) is 68.3 Å². The Morgan fingerprint density at radius 1 is 0.846 bits per heavy atom. The summed E-state index contributed by atoms with van der Waals surface area (Å²) < 4.78 is 47.8. The van der Waals surface area contributed by atoms with Gasteiger partial charge in [0.1, 0.15) is 0 Å². The molecule has 0 N–H and O–H groups in total. The van der Waals surface area contributed by atoms with Crippen molar-refractivity contribution in [2.75, 3.05) is 12.5 Å². The van der Waals surface area contributed by atoms with Crippen molar-refractivity contribution in [2.45, 2.75) is 48.8 Å². The highest BCUT2D eigenvalue weighted by molar-refractivity contribution is 7.91. The van der Waals surface area contributed by atoms with Crippen LogP contribution in [0.2, 0.25) is 0 Å². The summed E-state index contributed by atoms with van der Waals surface area (Å²) in [5, 5.41) is 0. The van der Waals surface area contributed by atoms with Crippen molar-refractivity contribution in [1.29, 1.82) is 0 Å². The van der Waals surface area contributed by atoms with Gasteiger partial charge in [-0.1, -0.05) is 45.0 Å². The Morgan fingerprint density at radius 2 is 1.50 bits per heavy atom. The van der Waals surface area contributed by atoms with Crippen LogP contribution < -0.4 is 0 Å². The highest BCUT2D eigenvalue weighted by atomic mass is 32.2. The van der Waals surface area contributed by atoms with Crippen LogP contribution in [-0.4, -0.2) is 29.3 Å². The number of hydrogen-bond acceptors (Lipinski definition) is 4. The number of benzene rings is 2. The zero-order valence-electron chi connectivity index (χ0n) is 15.9. The second-order valence-corrected chi connectivity index (χ2v) is 11.2. The Labute approximate surface area is 157 Å². The molecule has 6 heteroatoms. The van der Waals surface area contributed by atoms with E-state index in [9.17, 15) is 16.8 Å². The molecule has 0 saturated carbocycles. The van der Waals surface area contributed by atoms with Crippen LogP contribution >= 0.6 is 0 Å². The zero-order chi connectivity index (χ0) is 19.7. The maximum absolute atomic E-state index is 12.2. The molecule has 2 rings (SSSR count). The van der Waals surface area contributed by atoms with Gasteiger partial charge in [0.25, 0.3) is 0 Å². The van der Waals surface area contributed by atoms with Crippen LogP contribution in [0.25, 0.3) is 0 Å². The molecule has 0 aromatic heterocycles. The highest BCUT2D eigenvalue weighted by Gasteiger charge is 2.18. The van der Waals surface area contributed by atoms with E-state index in [-0.39, 0.29) is 11.8 Å². The maximum Gasteiger partial charge on any atom is 0.175 e. The molecule has 0 spiro atoms. The van der Waals surface area contributed by atoms with Crippen LogP contribution in [0.4, 0.5) is 0 Å². The Kier molecular flexibility index (Phi) is 5.98. The van der Waals surface area contributed by atoms with E-state index in [1.165, 1.54) is 12.5 Å². The first kappa shape index (κ1) is 20.6. The van der Waals surface area contributed by atoms with E-state index in [1.807, 2.05) is 39.0 Å². The molecule has 0 aliphatic heterocycles. The van der Waals surface area contributed by atoms with Gasteiger partial charge in [-0.05, 0) is 53.1 Å². The van der Waals surface area contributed by atoms with Crippen molar-refractivity contribution in [3.05, 3.63) is 59.2 Å². The first-order chi connectivity index (χ1) is 11.9. The van der Waals surface area contributed by atoms with Crippen molar-refractivity contribution < 1.29 is 16.8 Å². The van der Waals surface area contributed by atoms with Gasteiger partial charge in [0.15, 0.2) is 19.7 Å². The van der Waals surface area contributed by atoms with Gasteiger partial charge < -0.3 is 0 Å². The first-order valence-electron chi connectivity index (χ1n) is 8.52. The van der Waals surface area contributed by atoms with E-state index in [4.69, 9.17) is 0 Å². The molecule has 0 saturated heterocycles. The Hall–Kier alpha value is -1.66. The van der Waals surface area contributed by atoms with Crippen LogP contribution in [0.3, 0.4) is 0 Å². The number of sulfone groups is 2. The normalized spacial score (nSPS) is 13.8. The van der Waals surface area contributed by atoms with Crippen LogP contribution in [-0.2, 0) is 26.1 Å². The molecule has 0 fully saturated rings. The summed E-state index contributed by atoms with van der Waals surface area (Å²) in [5.41, 5.74) is 2.66. The van der Waals surface area contributed by atoms with Crippen molar-refractivity contribution in [2.24, 2.45) is 0 Å². The molecule has 2 aromatic carbocycles. The monoisotopic (exact) mass is 394 g/mol. The van der Waals surface area contributed by atoms with Crippen LogP contribution in [0, 0.1) is 0 Å². The molecule has 1 atom stereocenters. The molecular weight excluding hydrogens is 368 g/mol. The summed E-state index contributed by atoms with van der Waals surface area (Å²) in [6.45, 7) is 5.96. The predicted molar refractivity (Wildman–Crippen MR) is 105 cm³/mol. The lowest BCUT2D eigenvalue weighted by Gasteiger charge is -2.16. The Morgan fingerprint density at radius 3 is 2.04 bits per heavy atom. The molecule has 0 aliphatic rings. The third-order valence-electron chi connectivity index (χ3n) is 4.50. The zero-order valence-corrected chi connectivity index (χ0v) is 17.5. The summed E-state index contributed by atoms with van der Waals surface area (Å²) >= 11 is 0. The first-order valence-corrected chi connectivity index (χ1v) is 12.3. The van der Waals surface area contributed by atoms with Crippen molar-refractivity contribution in [1.82, 2.24) is 0 Å². The molecule has 2 aromatic rings. The molecule has 0 bridgehead atoms. The summed E-state index contributed by atoms with van der Waals surface area (Å²) in [6.07, 6.45) is 3.06. The minimum absolute atomic E-state index is 0.0639. The van der Waals surface area contributed by atoms with Gasteiger partial charge in [-0.2, -0.15) is 0 Å². The minimum atomic E-state index is -3.31. The second kappa shape index (κ2) is 7.53. The van der Waals surface area contributed by atoms with Crippen molar-refractivity contribution >= 4 is 19.7 Å². The van der Waals surface area contributed by atoms with Gasteiger partial charge in [0.2, 0.25) is 0 Å². The van der Waals surface area contributed by atoms with Crippen LogP contribution in [0.15, 0.2) is 52.3 Å². The Balaban J connectivity index is 2.37. The second-order valence-electron chi connectivity index (χ2n) is 7.25. The smallest absolute Gasteiger partial charge is 0.175 e. The van der Waals surface area contributed by atoms with Crippen molar-refractivity contribution in [3.8, 4) is 0 Å². The number of rotatable bonds is 6. The van der Waals surface area contributed by atoms with E-state index in [2.05, 4.69) is 0 Å². The molecule has 26 heavy (non-hydrogen) atoms. The van der Waals surface area contributed by atoms with Crippen LogP contribution in [0.1, 0.15) is 49.3 Å². The molecule has 0 heterocycles. The largest absolute Gasteiger partial charge is 0.224 e. The SMILES string of the molecule is CC(C)c1ccc(CC(C)c2cccc(S(C)(=O)=O)c2)cc1S(C)(=O)=O. The van der Waals surface area contributed by atoms with Gasteiger partial charge >= 0.3 is 0 Å². The van der Waals surface area contributed by atoms with E-state index in [1.54, 1.807) is 24.3 Å². The van der Waals surface area contributed by atoms with E-state index in [0.717, 1.165) is 16.7 Å². The fraction of sp³-hybridized carbons (Fsp3) is 0.400. The average Bonchev–Trinajstić information content (AvgIpc) is 2.53. The molecule has 0 amide bonds. The van der Waals surface area contributed by atoms with Gasteiger partial charge in [-0.15, -0.1) is 0 Å². The molecule has 142 valence electrons. The summed E-state index contributed by atoms with van der Waals surface area (Å²) in [6, 6.07) is 12.5. The van der Waals surface area contributed by atoms with Crippen molar-refractivity contribution in [3.63, 3.8) is 0 Å². The van der Waals surface area contributed by atoms with E-state index in [0.29, 0.717) is 16.2 Å². The average molecular weight is 395 g/mol. The standard InChI is InChI=1S/C20H26O4S2/c1-14(2)19-10-9-16(12-20(19)26(5,23)24)11-15(3)17-7-6-8-18(13-17)25(4,21)22/h6-10,12-15H,11H2,1-5H3. The molecule has 0 aliphatic carbocycles. The van der Waals surface area contributed by atoms with E-state index >= 15 is 0 Å². The number of hydrogen-bond donors (Lipinski definition) is 0. The molecule has 1 unspecified atom stereocenters. The lowest BCUT2D eigenvalue weighted by atomic mass is 9.92. The van der Waals surface area contributed by atoms with Gasteiger partial charge in [0, 0.05) is 12.5 Å². The fourth-order valence-corrected chi connectivity index (χ4v) is 4.80. The Bertz CT molecular complexity index is 1000. The lowest BCUT2D eigenvalue weighted by Crippen LogP contribution is -2.07. The highest BCUT2D eigenvalue weighted by Crippen LogP contribution is 2.28. The summed E-state index contributed by atoms with van der Waals surface area (Å²) in [4.78, 5) is 0.677. The van der Waals surface area contributed by atoms with Gasteiger partial charge in [-0.25, -0.2) is 16.8 Å². The molecular formula is C20H26O4S2. The predicted octanol–water partition coefficient (Wildman–Crippen LogP) is 3.96. The third-order valence-corrected chi connectivity index (χ3v) is 6.76. The quantitative estimate of drug-likeness (QED) is 0.744. The summed E-state index contributed by atoms with van der Waals surface area (Å²) in [7, 11) is -6.56. The lowest BCUT2D eigenvalue weighted by molar-refractivity contribution is 0.598. The van der Waals surface area contributed by atoms with Gasteiger partial charge in [0.05, 0.1) is 9.79 Å². The molecule has 0 radical (unpaired) electrons. The van der Waals surface area contributed by atoms with Crippen LogP contribution in [0.5, 0.6) is 0 Å². The summed E-state index contributed by atoms with van der Waals surface area (Å²) in [5.74, 6) is 0.187. The third kappa shape index (κ3) is 4.95. The minimum Gasteiger partial charge on any atom is -0.224 e.